The van der Waals surface area contributed by atoms with E-state index in [-0.39, 0.29) is 36.0 Å². The van der Waals surface area contributed by atoms with Gasteiger partial charge >= 0.3 is 0 Å². The van der Waals surface area contributed by atoms with Crippen molar-refractivity contribution in [1.82, 2.24) is 4.72 Å². The summed E-state index contributed by atoms with van der Waals surface area (Å²) < 4.78 is 32.5. The van der Waals surface area contributed by atoms with Gasteiger partial charge in [-0.25, -0.2) is 13.1 Å². The van der Waals surface area contributed by atoms with E-state index in [1.54, 1.807) is 31.4 Å². The average molecular weight is 453 g/mol. The molecule has 0 aliphatic rings. The van der Waals surface area contributed by atoms with Crippen LogP contribution in [0.15, 0.2) is 83.8 Å². The Labute approximate surface area is 187 Å². The van der Waals surface area contributed by atoms with Crippen molar-refractivity contribution in [3.05, 3.63) is 90.0 Å². The minimum Gasteiger partial charge on any atom is -0.497 e. The number of ether oxygens (including phenoxy) is 1. The molecular weight excluding hydrogens is 428 g/mol. The maximum atomic E-state index is 12.4. The molecule has 2 N–H and O–H groups in total. The molecule has 0 radical (unpaired) electrons. The van der Waals surface area contributed by atoms with E-state index < -0.39 is 10.0 Å². The van der Waals surface area contributed by atoms with Crippen LogP contribution in [0.1, 0.15) is 28.8 Å². The minimum atomic E-state index is -3.68. The number of anilines is 1. The first kappa shape index (κ1) is 23.2. The maximum Gasteiger partial charge on any atom is 0.240 e. The minimum absolute atomic E-state index is 0.0174. The number of ketones is 1. The van der Waals surface area contributed by atoms with Crippen molar-refractivity contribution in [3.63, 3.8) is 0 Å². The number of amides is 1. The van der Waals surface area contributed by atoms with E-state index in [0.717, 1.165) is 5.56 Å². The highest BCUT2D eigenvalue weighted by Gasteiger charge is 2.14. The number of benzene rings is 3. The van der Waals surface area contributed by atoms with Crippen molar-refractivity contribution < 1.29 is 22.7 Å². The van der Waals surface area contributed by atoms with Crippen LogP contribution in [0.3, 0.4) is 0 Å². The van der Waals surface area contributed by atoms with Crippen LogP contribution in [0, 0.1) is 0 Å². The van der Waals surface area contributed by atoms with Gasteiger partial charge in [-0.15, -0.1) is 0 Å². The summed E-state index contributed by atoms with van der Waals surface area (Å²) in [6.07, 6.45) is 0.0809. The SMILES string of the molecule is COc1ccc(C(=O)CCC(=O)Nc2ccc(S(=O)(=O)NCc3ccccc3)cc2)cc1. The number of Topliss-reactive ketones (excluding diaryl/α,β-unsaturated/α-hetero) is 1. The van der Waals surface area contributed by atoms with E-state index in [0.29, 0.717) is 17.0 Å². The first-order valence-electron chi connectivity index (χ1n) is 9.98. The van der Waals surface area contributed by atoms with Crippen LogP contribution in [0.2, 0.25) is 0 Å². The molecule has 3 rings (SSSR count). The molecular formula is C24H24N2O5S. The average Bonchev–Trinajstić information content (AvgIpc) is 2.82. The Balaban J connectivity index is 1.50. The van der Waals surface area contributed by atoms with Crippen LogP contribution in [0.4, 0.5) is 5.69 Å². The van der Waals surface area contributed by atoms with Gasteiger partial charge in [-0.3, -0.25) is 9.59 Å². The molecule has 3 aromatic carbocycles. The van der Waals surface area contributed by atoms with Gasteiger partial charge in [0.15, 0.2) is 5.78 Å². The third kappa shape index (κ3) is 6.50. The number of hydrogen-bond donors (Lipinski definition) is 2. The molecule has 3 aromatic rings. The van der Waals surface area contributed by atoms with Crippen molar-refractivity contribution in [2.24, 2.45) is 0 Å². The molecule has 1 amide bonds. The van der Waals surface area contributed by atoms with Gasteiger partial charge in [-0.1, -0.05) is 30.3 Å². The fraction of sp³-hybridized carbons (Fsp3) is 0.167. The fourth-order valence-corrected chi connectivity index (χ4v) is 3.96. The molecule has 0 atom stereocenters. The lowest BCUT2D eigenvalue weighted by Crippen LogP contribution is -2.23. The van der Waals surface area contributed by atoms with Crippen LogP contribution in [0.25, 0.3) is 0 Å². The lowest BCUT2D eigenvalue weighted by atomic mass is 10.1. The van der Waals surface area contributed by atoms with Gasteiger partial charge in [0.2, 0.25) is 15.9 Å². The molecule has 32 heavy (non-hydrogen) atoms. The van der Waals surface area contributed by atoms with Crippen molar-refractivity contribution in [1.29, 1.82) is 0 Å². The number of hydrogen-bond acceptors (Lipinski definition) is 5. The normalized spacial score (nSPS) is 11.0. The molecule has 0 spiro atoms. The summed E-state index contributed by atoms with van der Waals surface area (Å²) in [5.41, 5.74) is 1.81. The van der Waals surface area contributed by atoms with Crippen LogP contribution < -0.4 is 14.8 Å². The number of rotatable bonds is 10. The number of carbonyl (C=O) groups is 2. The zero-order chi connectivity index (χ0) is 23.0. The van der Waals surface area contributed by atoms with Gasteiger partial charge in [-0.05, 0) is 54.1 Å². The van der Waals surface area contributed by atoms with Crippen molar-refractivity contribution in [2.75, 3.05) is 12.4 Å². The van der Waals surface area contributed by atoms with Gasteiger partial charge in [0, 0.05) is 30.6 Å². The Morgan fingerprint density at radius 1 is 0.844 bits per heavy atom. The third-order valence-corrected chi connectivity index (χ3v) is 6.17. The van der Waals surface area contributed by atoms with Crippen LogP contribution >= 0.6 is 0 Å². The van der Waals surface area contributed by atoms with Crippen LogP contribution in [0.5, 0.6) is 5.75 Å². The fourth-order valence-electron chi connectivity index (χ4n) is 2.95. The highest BCUT2D eigenvalue weighted by molar-refractivity contribution is 7.89. The smallest absolute Gasteiger partial charge is 0.240 e. The molecule has 0 aliphatic heterocycles. The second-order valence-corrected chi connectivity index (χ2v) is 8.80. The molecule has 0 aromatic heterocycles. The van der Waals surface area contributed by atoms with E-state index >= 15 is 0 Å². The van der Waals surface area contributed by atoms with E-state index in [2.05, 4.69) is 10.0 Å². The summed E-state index contributed by atoms with van der Waals surface area (Å²) in [6.45, 7) is 0.184. The summed E-state index contributed by atoms with van der Waals surface area (Å²) in [4.78, 5) is 24.5. The summed E-state index contributed by atoms with van der Waals surface area (Å²) in [5.74, 6) is 0.179. The zero-order valence-electron chi connectivity index (χ0n) is 17.6. The number of methoxy groups -OCH3 is 1. The summed E-state index contributed by atoms with van der Waals surface area (Å²) in [5, 5.41) is 2.68. The Morgan fingerprint density at radius 3 is 2.12 bits per heavy atom. The van der Waals surface area contributed by atoms with Gasteiger partial charge in [0.25, 0.3) is 0 Å². The number of carbonyl (C=O) groups excluding carboxylic acids is 2. The molecule has 8 heteroatoms. The molecule has 0 bridgehead atoms. The Morgan fingerprint density at radius 2 is 1.50 bits per heavy atom. The molecule has 0 heterocycles. The second-order valence-electron chi connectivity index (χ2n) is 7.03. The van der Waals surface area contributed by atoms with E-state index in [1.165, 1.54) is 24.3 Å². The Bertz CT molecular complexity index is 1160. The van der Waals surface area contributed by atoms with E-state index in [1.807, 2.05) is 30.3 Å². The summed E-state index contributed by atoms with van der Waals surface area (Å²) in [6, 6.07) is 21.8. The van der Waals surface area contributed by atoms with Gasteiger partial charge in [0.05, 0.1) is 12.0 Å². The van der Waals surface area contributed by atoms with Crippen molar-refractivity contribution in [3.8, 4) is 5.75 Å². The number of nitrogens with one attached hydrogen (secondary N) is 2. The summed E-state index contributed by atoms with van der Waals surface area (Å²) >= 11 is 0. The first-order chi connectivity index (χ1) is 15.4. The topological polar surface area (TPSA) is 102 Å². The molecule has 0 aliphatic carbocycles. The van der Waals surface area contributed by atoms with Gasteiger partial charge in [-0.2, -0.15) is 0 Å². The monoisotopic (exact) mass is 452 g/mol. The first-order valence-corrected chi connectivity index (χ1v) is 11.5. The van der Waals surface area contributed by atoms with Gasteiger partial charge in [0.1, 0.15) is 5.75 Å². The lowest BCUT2D eigenvalue weighted by molar-refractivity contribution is -0.116. The highest BCUT2D eigenvalue weighted by atomic mass is 32.2. The Kier molecular flexibility index (Phi) is 7.75. The molecule has 0 unspecified atom stereocenters. The lowest BCUT2D eigenvalue weighted by Gasteiger charge is -2.09. The number of sulfonamides is 1. The molecule has 0 saturated carbocycles. The third-order valence-electron chi connectivity index (χ3n) is 4.75. The molecule has 166 valence electrons. The van der Waals surface area contributed by atoms with E-state index in [4.69, 9.17) is 4.74 Å². The quantitative estimate of drug-likeness (QED) is 0.456. The largest absolute Gasteiger partial charge is 0.497 e. The second kappa shape index (κ2) is 10.7. The Hall–Kier alpha value is -3.49. The molecule has 0 fully saturated rings. The van der Waals surface area contributed by atoms with Gasteiger partial charge < -0.3 is 10.1 Å². The molecule has 0 saturated heterocycles. The van der Waals surface area contributed by atoms with Crippen LogP contribution in [-0.4, -0.2) is 27.2 Å². The van der Waals surface area contributed by atoms with E-state index in [9.17, 15) is 18.0 Å². The summed E-state index contributed by atoms with van der Waals surface area (Å²) in [7, 11) is -2.13. The standard InChI is InChI=1S/C24H24N2O5S/c1-31-21-11-7-19(8-12-21)23(27)15-16-24(28)26-20-9-13-22(14-10-20)32(29,30)25-17-18-5-3-2-4-6-18/h2-14,25H,15-17H2,1H3,(H,26,28). The maximum absolute atomic E-state index is 12.4. The zero-order valence-corrected chi connectivity index (χ0v) is 18.4. The van der Waals surface area contributed by atoms with Crippen LogP contribution in [-0.2, 0) is 21.4 Å². The van der Waals surface area contributed by atoms with Crippen molar-refractivity contribution in [2.45, 2.75) is 24.3 Å². The highest BCUT2D eigenvalue weighted by Crippen LogP contribution is 2.16. The predicted molar refractivity (Wildman–Crippen MR) is 122 cm³/mol. The predicted octanol–water partition coefficient (Wildman–Crippen LogP) is 3.78. The van der Waals surface area contributed by atoms with Crippen molar-refractivity contribution >= 4 is 27.4 Å². The molecule has 7 nitrogen and oxygen atoms in total.